The highest BCUT2D eigenvalue weighted by molar-refractivity contribution is 8.00. The number of halogens is 3. The van der Waals surface area contributed by atoms with Crippen LogP contribution in [-0.2, 0) is 0 Å². The molecule has 1 heterocycles. The number of hydrogen-bond donors (Lipinski definition) is 0. The number of rotatable bonds is 0. The molecule has 0 atom stereocenters. The van der Waals surface area contributed by atoms with Gasteiger partial charge in [0.1, 0.15) is 5.71 Å². The first-order valence-electron chi connectivity index (χ1n) is 2.29. The topological polar surface area (TPSA) is 12.4 Å². The number of aliphatic imine (C=N–C) groups is 1. The Kier molecular flexibility index (Phi) is 1.70. The van der Waals surface area contributed by atoms with Gasteiger partial charge in [-0.2, -0.15) is 13.2 Å². The first kappa shape index (κ1) is 6.92. The van der Waals surface area contributed by atoms with Crippen molar-refractivity contribution in [2.24, 2.45) is 4.99 Å². The van der Waals surface area contributed by atoms with Crippen LogP contribution in [0.5, 0.6) is 0 Å². The third-order valence-electron chi connectivity index (χ3n) is 0.913. The summed E-state index contributed by atoms with van der Waals surface area (Å²) in [4.78, 5) is 3.26. The van der Waals surface area contributed by atoms with Crippen molar-refractivity contribution in [3.05, 3.63) is 0 Å². The van der Waals surface area contributed by atoms with Crippen molar-refractivity contribution < 1.29 is 13.2 Å². The van der Waals surface area contributed by atoms with E-state index in [9.17, 15) is 13.2 Å². The van der Waals surface area contributed by atoms with Crippen LogP contribution in [0.3, 0.4) is 0 Å². The molecule has 1 aliphatic heterocycles. The summed E-state index contributed by atoms with van der Waals surface area (Å²) in [6, 6.07) is 0. The summed E-state index contributed by atoms with van der Waals surface area (Å²) in [5.74, 6) is 0.276. The lowest BCUT2D eigenvalue weighted by molar-refractivity contribution is -0.0588. The molecule has 0 radical (unpaired) electrons. The van der Waals surface area contributed by atoms with Crippen molar-refractivity contribution in [3.8, 4) is 0 Å². The fourth-order valence-corrected chi connectivity index (χ4v) is 1.27. The fourth-order valence-electron chi connectivity index (χ4n) is 0.483. The Labute approximate surface area is 54.3 Å². The molecule has 0 saturated heterocycles. The monoisotopic (exact) mass is 155 g/mol. The molecule has 1 aliphatic rings. The van der Waals surface area contributed by atoms with Crippen LogP contribution in [0.25, 0.3) is 0 Å². The van der Waals surface area contributed by atoms with Crippen LogP contribution in [0.15, 0.2) is 4.99 Å². The molecular formula is C4H4F3NS. The summed E-state index contributed by atoms with van der Waals surface area (Å²) in [7, 11) is 0. The minimum Gasteiger partial charge on any atom is -0.273 e. The molecule has 5 heteroatoms. The van der Waals surface area contributed by atoms with E-state index >= 15 is 0 Å². The minimum absolute atomic E-state index is 0.0174. The van der Waals surface area contributed by atoms with Gasteiger partial charge < -0.3 is 0 Å². The Balaban J connectivity index is 2.61. The van der Waals surface area contributed by atoms with Gasteiger partial charge in [0, 0.05) is 5.75 Å². The Bertz CT molecular complexity index is 139. The fraction of sp³-hybridized carbons (Fsp3) is 0.750. The van der Waals surface area contributed by atoms with E-state index in [4.69, 9.17) is 0 Å². The van der Waals surface area contributed by atoms with Gasteiger partial charge in [0.2, 0.25) is 0 Å². The van der Waals surface area contributed by atoms with E-state index in [-0.39, 0.29) is 11.6 Å². The van der Waals surface area contributed by atoms with E-state index < -0.39 is 11.9 Å². The van der Waals surface area contributed by atoms with Crippen molar-refractivity contribution in [2.45, 2.75) is 6.18 Å². The second-order valence-electron chi connectivity index (χ2n) is 1.58. The van der Waals surface area contributed by atoms with Gasteiger partial charge in [0.25, 0.3) is 0 Å². The summed E-state index contributed by atoms with van der Waals surface area (Å²) >= 11 is 1.19. The van der Waals surface area contributed by atoms with Gasteiger partial charge in [-0.1, -0.05) is 0 Å². The molecule has 0 aromatic rings. The number of alkyl halides is 3. The maximum Gasteiger partial charge on any atom is 0.429 e. The predicted molar refractivity (Wildman–Crippen MR) is 30.8 cm³/mol. The number of hydrogen-bond acceptors (Lipinski definition) is 2. The molecule has 0 spiro atoms. The zero-order chi connectivity index (χ0) is 6.91. The maximum absolute atomic E-state index is 11.6. The average Bonchev–Trinajstić information content (AvgIpc) is 2.08. The molecule has 0 unspecified atom stereocenters. The van der Waals surface area contributed by atoms with Crippen LogP contribution >= 0.6 is 11.8 Å². The summed E-state index contributed by atoms with van der Waals surface area (Å²) in [5.41, 5.74) is -0.632. The smallest absolute Gasteiger partial charge is 0.273 e. The summed E-state index contributed by atoms with van der Waals surface area (Å²) < 4.78 is 34.8. The Morgan fingerprint density at radius 1 is 1.44 bits per heavy atom. The van der Waals surface area contributed by atoms with Gasteiger partial charge in [-0.25, -0.2) is 0 Å². The normalized spacial score (nSPS) is 20.1. The molecule has 0 bridgehead atoms. The van der Waals surface area contributed by atoms with Crippen molar-refractivity contribution in [2.75, 3.05) is 11.6 Å². The van der Waals surface area contributed by atoms with E-state index in [1.54, 1.807) is 0 Å². The molecule has 0 amide bonds. The second kappa shape index (κ2) is 2.21. The largest absolute Gasteiger partial charge is 0.429 e. The highest BCUT2D eigenvalue weighted by Gasteiger charge is 2.36. The lowest BCUT2D eigenvalue weighted by atomic mass is 10.4. The van der Waals surface area contributed by atoms with E-state index in [0.29, 0.717) is 0 Å². The molecule has 9 heavy (non-hydrogen) atoms. The summed E-state index contributed by atoms with van der Waals surface area (Å²) in [6.45, 7) is 0. The molecule has 1 rings (SSSR count). The predicted octanol–water partition coefficient (Wildman–Crippen LogP) is 1.69. The van der Waals surface area contributed by atoms with Gasteiger partial charge in [0.05, 0.1) is 5.88 Å². The van der Waals surface area contributed by atoms with Crippen molar-refractivity contribution in [3.63, 3.8) is 0 Å². The SMILES string of the molecule is FC(F)(F)C1=NCSC1. The van der Waals surface area contributed by atoms with Crippen molar-refractivity contribution in [1.29, 1.82) is 0 Å². The highest BCUT2D eigenvalue weighted by Crippen LogP contribution is 2.24. The van der Waals surface area contributed by atoms with E-state index in [0.717, 1.165) is 0 Å². The molecule has 0 fully saturated rings. The highest BCUT2D eigenvalue weighted by atomic mass is 32.2. The molecule has 52 valence electrons. The zero-order valence-electron chi connectivity index (χ0n) is 4.40. The molecular weight excluding hydrogens is 151 g/mol. The lowest BCUT2D eigenvalue weighted by Gasteiger charge is -2.02. The van der Waals surface area contributed by atoms with Crippen LogP contribution in [0.4, 0.5) is 13.2 Å². The van der Waals surface area contributed by atoms with Crippen LogP contribution < -0.4 is 0 Å². The zero-order valence-corrected chi connectivity index (χ0v) is 5.22. The van der Waals surface area contributed by atoms with Gasteiger partial charge in [-0.15, -0.1) is 11.8 Å². The second-order valence-corrected chi connectivity index (χ2v) is 2.54. The van der Waals surface area contributed by atoms with Gasteiger partial charge >= 0.3 is 6.18 Å². The molecule has 0 aromatic carbocycles. The standard InChI is InChI=1S/C4H4F3NS/c5-4(6,7)3-1-9-2-8-3/h1-2H2. The molecule has 1 nitrogen and oxygen atoms in total. The van der Waals surface area contributed by atoms with Crippen molar-refractivity contribution in [1.82, 2.24) is 0 Å². The number of nitrogens with zero attached hydrogens (tertiary/aromatic N) is 1. The first-order chi connectivity index (χ1) is 4.11. The molecule has 0 aliphatic carbocycles. The van der Waals surface area contributed by atoms with Crippen LogP contribution in [0, 0.1) is 0 Å². The van der Waals surface area contributed by atoms with Crippen LogP contribution in [0.2, 0.25) is 0 Å². The Morgan fingerprint density at radius 3 is 2.33 bits per heavy atom. The lowest BCUT2D eigenvalue weighted by Crippen LogP contribution is -2.22. The van der Waals surface area contributed by atoms with Gasteiger partial charge in [0.15, 0.2) is 0 Å². The van der Waals surface area contributed by atoms with Crippen molar-refractivity contribution >= 4 is 17.5 Å². The first-order valence-corrected chi connectivity index (χ1v) is 3.44. The number of thioether (sulfide) groups is 1. The van der Waals surface area contributed by atoms with Gasteiger partial charge in [-0.05, 0) is 0 Å². The molecule has 0 N–H and O–H groups in total. The van der Waals surface area contributed by atoms with E-state index in [1.165, 1.54) is 11.8 Å². The van der Waals surface area contributed by atoms with Crippen LogP contribution in [-0.4, -0.2) is 23.5 Å². The average molecular weight is 155 g/mol. The third-order valence-corrected chi connectivity index (χ3v) is 1.70. The quantitative estimate of drug-likeness (QED) is 0.518. The maximum atomic E-state index is 11.6. The summed E-state index contributed by atoms with van der Waals surface area (Å²) in [5, 5.41) is 0. The summed E-state index contributed by atoms with van der Waals surface area (Å²) in [6.07, 6.45) is -4.19. The van der Waals surface area contributed by atoms with Crippen LogP contribution in [0.1, 0.15) is 0 Å². The van der Waals surface area contributed by atoms with E-state index in [1.807, 2.05) is 0 Å². The molecule has 0 aromatic heterocycles. The van der Waals surface area contributed by atoms with Gasteiger partial charge in [-0.3, -0.25) is 4.99 Å². The van der Waals surface area contributed by atoms with E-state index in [2.05, 4.69) is 4.99 Å². The third kappa shape index (κ3) is 1.61. The Hall–Kier alpha value is -0.190. The minimum atomic E-state index is -4.19. The molecule has 0 saturated carbocycles. The Morgan fingerprint density at radius 2 is 2.11 bits per heavy atom.